The van der Waals surface area contributed by atoms with E-state index in [1.54, 1.807) is 0 Å². The number of fused-ring (bicyclic) bond motifs is 1. The lowest BCUT2D eigenvalue weighted by atomic mass is 10.0. The molecule has 0 saturated carbocycles. The zero-order valence-corrected chi connectivity index (χ0v) is 12.2. The first kappa shape index (κ1) is 19.2. The van der Waals surface area contributed by atoms with Crippen LogP contribution in [0.5, 0.6) is 0 Å². The van der Waals surface area contributed by atoms with E-state index < -0.39 is 56.3 Å². The van der Waals surface area contributed by atoms with Crippen LogP contribution in [-0.4, -0.2) is 12.4 Å². The van der Waals surface area contributed by atoms with E-state index in [1.165, 1.54) is 0 Å². The highest BCUT2D eigenvalue weighted by Crippen LogP contribution is 2.28. The van der Waals surface area contributed by atoms with Crippen LogP contribution < -0.4 is 10.4 Å². The van der Waals surface area contributed by atoms with Gasteiger partial charge in [0.1, 0.15) is 34.9 Å². The first-order chi connectivity index (χ1) is 11.9. The highest BCUT2D eigenvalue weighted by molar-refractivity contribution is 5.86. The molecule has 0 aromatic heterocycles. The third kappa shape index (κ3) is 3.18. The SMILES string of the molecule is N#C/C(=c1\ccc2c(F)/c(=C(\C#N)C(F)(F)F)ccc2c1F)C(F)(F)F. The van der Waals surface area contributed by atoms with Gasteiger partial charge in [-0.15, -0.1) is 0 Å². The second-order valence-electron chi connectivity index (χ2n) is 4.92. The maximum absolute atomic E-state index is 14.3. The lowest BCUT2D eigenvalue weighted by Gasteiger charge is -2.08. The Bertz CT molecular complexity index is 1010. The van der Waals surface area contributed by atoms with Crippen molar-refractivity contribution in [2.75, 3.05) is 0 Å². The third-order valence-corrected chi connectivity index (χ3v) is 3.40. The molecule has 0 spiro atoms. The smallest absolute Gasteiger partial charge is 0.206 e. The van der Waals surface area contributed by atoms with Crippen molar-refractivity contribution in [3.8, 4) is 12.1 Å². The van der Waals surface area contributed by atoms with Crippen LogP contribution in [-0.2, 0) is 0 Å². The van der Waals surface area contributed by atoms with Crippen molar-refractivity contribution >= 4 is 21.9 Å². The van der Waals surface area contributed by atoms with E-state index in [0.717, 1.165) is 12.1 Å². The molecule has 0 bridgehead atoms. The van der Waals surface area contributed by atoms with Crippen LogP contribution in [0, 0.1) is 34.3 Å². The quantitative estimate of drug-likeness (QED) is 0.660. The van der Waals surface area contributed by atoms with Gasteiger partial charge in [-0.25, -0.2) is 8.78 Å². The van der Waals surface area contributed by atoms with E-state index in [4.69, 9.17) is 10.5 Å². The molecule has 0 aliphatic heterocycles. The van der Waals surface area contributed by atoms with Crippen LogP contribution in [0.2, 0.25) is 0 Å². The molecule has 2 nitrogen and oxygen atoms in total. The first-order valence-electron chi connectivity index (χ1n) is 6.53. The van der Waals surface area contributed by atoms with Crippen LogP contribution in [0.1, 0.15) is 0 Å². The van der Waals surface area contributed by atoms with Gasteiger partial charge in [0, 0.05) is 21.2 Å². The van der Waals surface area contributed by atoms with E-state index in [1.807, 2.05) is 0 Å². The van der Waals surface area contributed by atoms with E-state index in [2.05, 4.69) is 0 Å². The maximum Gasteiger partial charge on any atom is 0.426 e. The second-order valence-corrected chi connectivity index (χ2v) is 4.92. The lowest BCUT2D eigenvalue weighted by Crippen LogP contribution is -2.24. The summed E-state index contributed by atoms with van der Waals surface area (Å²) >= 11 is 0. The highest BCUT2D eigenvalue weighted by Gasteiger charge is 2.36. The number of alkyl halides is 6. The van der Waals surface area contributed by atoms with Crippen LogP contribution in [0.25, 0.3) is 21.9 Å². The molecule has 2 aromatic carbocycles. The van der Waals surface area contributed by atoms with Gasteiger partial charge >= 0.3 is 12.4 Å². The molecule has 134 valence electrons. The predicted octanol–water partition coefficient (Wildman–Crippen LogP) is 3.59. The molecule has 0 aliphatic rings. The molecule has 0 radical (unpaired) electrons. The fourth-order valence-electron chi connectivity index (χ4n) is 2.27. The fourth-order valence-corrected chi connectivity index (χ4v) is 2.27. The molecule has 0 aliphatic carbocycles. The van der Waals surface area contributed by atoms with E-state index >= 15 is 0 Å². The number of rotatable bonds is 0. The summed E-state index contributed by atoms with van der Waals surface area (Å²) in [6.07, 6.45) is -10.4. The molecule has 26 heavy (non-hydrogen) atoms. The molecular formula is C16H4F8N2. The number of nitrogens with zero attached hydrogens (tertiary/aromatic N) is 2. The Morgan fingerprint density at radius 2 is 0.962 bits per heavy atom. The molecule has 10 heteroatoms. The Balaban J connectivity index is 3.03. The zero-order valence-electron chi connectivity index (χ0n) is 12.2. The van der Waals surface area contributed by atoms with Crippen LogP contribution in [0.15, 0.2) is 24.3 Å². The Hall–Kier alpha value is -3.14. The molecule has 2 aromatic rings. The summed E-state index contributed by atoms with van der Waals surface area (Å²) in [6, 6.07) is 3.70. The van der Waals surface area contributed by atoms with Gasteiger partial charge in [0.15, 0.2) is 0 Å². The van der Waals surface area contributed by atoms with Crippen molar-refractivity contribution < 1.29 is 35.1 Å². The van der Waals surface area contributed by atoms with Crippen LogP contribution in [0.4, 0.5) is 35.1 Å². The van der Waals surface area contributed by atoms with Crippen molar-refractivity contribution in [1.29, 1.82) is 10.5 Å². The molecule has 0 atom stereocenters. The number of hydrogen-bond donors (Lipinski definition) is 0. The Morgan fingerprint density at radius 3 is 1.19 bits per heavy atom. The van der Waals surface area contributed by atoms with Gasteiger partial charge in [-0.3, -0.25) is 0 Å². The average Bonchev–Trinajstić information content (AvgIpc) is 2.50. The lowest BCUT2D eigenvalue weighted by molar-refractivity contribution is -0.0694. The minimum absolute atomic E-state index is 0.441. The Labute approximate surface area is 139 Å². The predicted molar refractivity (Wildman–Crippen MR) is 73.3 cm³/mol. The summed E-state index contributed by atoms with van der Waals surface area (Å²) in [5.74, 6) is -3.24. The van der Waals surface area contributed by atoms with Gasteiger partial charge in [-0.2, -0.15) is 36.9 Å². The molecule has 0 fully saturated rings. The second kappa shape index (κ2) is 6.30. The molecule has 0 saturated heterocycles. The number of benzene rings is 2. The monoisotopic (exact) mass is 376 g/mol. The largest absolute Gasteiger partial charge is 0.426 e. The summed E-state index contributed by atoms with van der Waals surface area (Å²) in [4.78, 5) is 0. The minimum atomic E-state index is -5.18. The van der Waals surface area contributed by atoms with Crippen molar-refractivity contribution in [3.63, 3.8) is 0 Å². The normalized spacial score (nSPS) is 14.5. The van der Waals surface area contributed by atoms with E-state index in [-0.39, 0.29) is 0 Å². The van der Waals surface area contributed by atoms with Crippen LogP contribution in [0.3, 0.4) is 0 Å². The first-order valence-corrected chi connectivity index (χ1v) is 6.53. The Kier molecular flexibility index (Phi) is 4.65. The van der Waals surface area contributed by atoms with Crippen molar-refractivity contribution in [2.45, 2.75) is 12.4 Å². The van der Waals surface area contributed by atoms with Gasteiger partial charge < -0.3 is 0 Å². The fraction of sp³-hybridized carbons (Fsp3) is 0.125. The Morgan fingerprint density at radius 1 is 0.654 bits per heavy atom. The van der Waals surface area contributed by atoms with Gasteiger partial charge in [0.25, 0.3) is 0 Å². The van der Waals surface area contributed by atoms with Gasteiger partial charge in [0.05, 0.1) is 0 Å². The summed E-state index contributed by atoms with van der Waals surface area (Å²) in [6.45, 7) is 0. The molecular weight excluding hydrogens is 372 g/mol. The van der Waals surface area contributed by atoms with Crippen LogP contribution >= 0.6 is 0 Å². The topological polar surface area (TPSA) is 47.6 Å². The zero-order chi connectivity index (χ0) is 19.9. The average molecular weight is 376 g/mol. The number of nitriles is 2. The number of hydrogen-bond acceptors (Lipinski definition) is 2. The summed E-state index contributed by atoms with van der Waals surface area (Å²) in [5, 5.41) is 13.3. The summed E-state index contributed by atoms with van der Waals surface area (Å²) in [5.41, 5.74) is -3.75. The molecule has 0 N–H and O–H groups in total. The van der Waals surface area contributed by atoms with Gasteiger partial charge in [0.2, 0.25) is 0 Å². The van der Waals surface area contributed by atoms with E-state index in [9.17, 15) is 35.1 Å². The van der Waals surface area contributed by atoms with Gasteiger partial charge in [-0.1, -0.05) is 12.1 Å². The number of halogens is 8. The highest BCUT2D eigenvalue weighted by atomic mass is 19.4. The summed E-state index contributed by atoms with van der Waals surface area (Å²) in [7, 11) is 0. The molecule has 0 unspecified atom stereocenters. The maximum atomic E-state index is 14.3. The minimum Gasteiger partial charge on any atom is -0.206 e. The van der Waals surface area contributed by atoms with E-state index in [0.29, 0.717) is 24.3 Å². The molecule has 2 rings (SSSR count). The van der Waals surface area contributed by atoms with Crippen molar-refractivity contribution in [2.24, 2.45) is 0 Å². The van der Waals surface area contributed by atoms with Crippen molar-refractivity contribution in [3.05, 3.63) is 46.3 Å². The standard InChI is InChI=1S/C16H4F8N2/c17-13-7-1-3-9(11(5-25)15(19,20)21)14(18)8(7)2-4-10(13)12(6-26)16(22,23)24/h1-4H/b11-9-,12-10+. The van der Waals surface area contributed by atoms with Crippen molar-refractivity contribution in [1.82, 2.24) is 0 Å². The third-order valence-electron chi connectivity index (χ3n) is 3.40. The summed E-state index contributed by atoms with van der Waals surface area (Å²) < 4.78 is 105. The van der Waals surface area contributed by atoms with Gasteiger partial charge in [-0.05, 0) is 12.1 Å². The molecule has 0 amide bonds. The molecule has 0 heterocycles.